The van der Waals surface area contributed by atoms with E-state index in [0.717, 1.165) is 28.8 Å². The topological polar surface area (TPSA) is 58.2 Å². The van der Waals surface area contributed by atoms with E-state index in [1.54, 1.807) is 18.2 Å². The average Bonchev–Trinajstić information content (AvgIpc) is 2.82. The third-order valence-electron chi connectivity index (χ3n) is 4.16. The van der Waals surface area contributed by atoms with Crippen molar-refractivity contribution >= 4 is 21.4 Å². The van der Waals surface area contributed by atoms with Crippen LogP contribution in [0.15, 0.2) is 41.3 Å². The summed E-state index contributed by atoms with van der Waals surface area (Å²) in [5.41, 5.74) is 4.72. The summed E-state index contributed by atoms with van der Waals surface area (Å²) in [6, 6.07) is 11.2. The molecule has 4 nitrogen and oxygen atoms in total. The first kappa shape index (κ1) is 14.9. The minimum Gasteiger partial charge on any atom is -0.382 e. The number of benzene rings is 2. The Morgan fingerprint density at radius 3 is 2.73 bits per heavy atom. The van der Waals surface area contributed by atoms with Crippen LogP contribution in [-0.2, 0) is 16.4 Å². The number of sulfonamides is 1. The van der Waals surface area contributed by atoms with Gasteiger partial charge < -0.3 is 5.32 Å². The molecule has 0 aromatic heterocycles. The van der Waals surface area contributed by atoms with Gasteiger partial charge in [0, 0.05) is 11.7 Å². The van der Waals surface area contributed by atoms with Gasteiger partial charge in [-0.05, 0) is 68.1 Å². The normalized spacial score (nSPS) is 17.0. The molecule has 0 aliphatic carbocycles. The SMILES string of the molecule is Cc1cccc(NS(=O)(=O)c2ccc3c(c2)CC(C)N3)c1C. The molecule has 22 heavy (non-hydrogen) atoms. The first-order valence-electron chi connectivity index (χ1n) is 7.35. The fourth-order valence-corrected chi connectivity index (χ4v) is 3.93. The molecule has 5 heteroatoms. The lowest BCUT2D eigenvalue weighted by Gasteiger charge is -2.13. The van der Waals surface area contributed by atoms with Gasteiger partial charge in [0.05, 0.1) is 10.6 Å². The van der Waals surface area contributed by atoms with Crippen LogP contribution >= 0.6 is 0 Å². The summed E-state index contributed by atoms with van der Waals surface area (Å²) in [5.74, 6) is 0. The van der Waals surface area contributed by atoms with Gasteiger partial charge in [-0.2, -0.15) is 0 Å². The van der Waals surface area contributed by atoms with Crippen molar-refractivity contribution in [3.05, 3.63) is 53.1 Å². The van der Waals surface area contributed by atoms with E-state index in [1.165, 1.54) is 0 Å². The first-order chi connectivity index (χ1) is 10.4. The van der Waals surface area contributed by atoms with Crippen molar-refractivity contribution < 1.29 is 8.42 Å². The molecule has 2 N–H and O–H groups in total. The molecule has 1 aliphatic rings. The van der Waals surface area contributed by atoms with Gasteiger partial charge in [0.25, 0.3) is 10.0 Å². The van der Waals surface area contributed by atoms with Crippen molar-refractivity contribution in [1.82, 2.24) is 0 Å². The van der Waals surface area contributed by atoms with Crippen LogP contribution in [0.2, 0.25) is 0 Å². The Morgan fingerprint density at radius 2 is 1.95 bits per heavy atom. The summed E-state index contributed by atoms with van der Waals surface area (Å²) in [7, 11) is -3.57. The van der Waals surface area contributed by atoms with Gasteiger partial charge in [0.2, 0.25) is 0 Å². The molecule has 2 aromatic rings. The quantitative estimate of drug-likeness (QED) is 0.911. The predicted molar refractivity (Wildman–Crippen MR) is 90.0 cm³/mol. The molecule has 116 valence electrons. The number of hydrogen-bond donors (Lipinski definition) is 2. The van der Waals surface area contributed by atoms with E-state index in [0.29, 0.717) is 16.6 Å². The molecule has 0 saturated carbocycles. The van der Waals surface area contributed by atoms with Gasteiger partial charge in [-0.25, -0.2) is 8.42 Å². The highest BCUT2D eigenvalue weighted by atomic mass is 32.2. The maximum Gasteiger partial charge on any atom is 0.261 e. The van der Waals surface area contributed by atoms with Crippen LogP contribution in [0.1, 0.15) is 23.6 Å². The summed E-state index contributed by atoms with van der Waals surface area (Å²) in [5, 5.41) is 3.33. The van der Waals surface area contributed by atoms with E-state index < -0.39 is 10.0 Å². The van der Waals surface area contributed by atoms with E-state index in [4.69, 9.17) is 0 Å². The molecule has 0 amide bonds. The Morgan fingerprint density at radius 1 is 1.18 bits per heavy atom. The van der Waals surface area contributed by atoms with Crippen LogP contribution in [0.4, 0.5) is 11.4 Å². The zero-order valence-electron chi connectivity index (χ0n) is 13.0. The van der Waals surface area contributed by atoms with E-state index in [1.807, 2.05) is 32.0 Å². The zero-order chi connectivity index (χ0) is 15.9. The maximum absolute atomic E-state index is 12.6. The van der Waals surface area contributed by atoms with Crippen molar-refractivity contribution in [2.24, 2.45) is 0 Å². The number of hydrogen-bond acceptors (Lipinski definition) is 3. The third-order valence-corrected chi connectivity index (χ3v) is 5.53. The van der Waals surface area contributed by atoms with Crippen LogP contribution in [0, 0.1) is 13.8 Å². The largest absolute Gasteiger partial charge is 0.382 e. The summed E-state index contributed by atoms with van der Waals surface area (Å²) in [6.07, 6.45) is 0.849. The molecule has 1 unspecified atom stereocenters. The summed E-state index contributed by atoms with van der Waals surface area (Å²) < 4.78 is 27.9. The number of nitrogens with one attached hydrogen (secondary N) is 2. The summed E-state index contributed by atoms with van der Waals surface area (Å²) in [6.45, 7) is 5.97. The summed E-state index contributed by atoms with van der Waals surface area (Å²) >= 11 is 0. The fraction of sp³-hybridized carbons (Fsp3) is 0.294. The molecule has 2 aromatic carbocycles. The Hall–Kier alpha value is -2.01. The van der Waals surface area contributed by atoms with E-state index in [9.17, 15) is 8.42 Å². The minimum absolute atomic E-state index is 0.308. The zero-order valence-corrected chi connectivity index (χ0v) is 13.8. The molecular formula is C17H20N2O2S. The molecule has 0 bridgehead atoms. The highest BCUT2D eigenvalue weighted by molar-refractivity contribution is 7.92. The van der Waals surface area contributed by atoms with Crippen molar-refractivity contribution in [2.45, 2.75) is 38.1 Å². The van der Waals surface area contributed by atoms with Gasteiger partial charge in [-0.1, -0.05) is 12.1 Å². The van der Waals surface area contributed by atoms with Crippen molar-refractivity contribution in [3.63, 3.8) is 0 Å². The number of rotatable bonds is 3. The first-order valence-corrected chi connectivity index (χ1v) is 8.83. The second kappa shape index (κ2) is 5.32. The lowest BCUT2D eigenvalue weighted by molar-refractivity contribution is 0.601. The highest BCUT2D eigenvalue weighted by Crippen LogP contribution is 2.29. The molecule has 1 atom stereocenters. The molecule has 1 heterocycles. The summed E-state index contributed by atoms with van der Waals surface area (Å²) in [4.78, 5) is 0.308. The fourth-order valence-electron chi connectivity index (χ4n) is 2.76. The lowest BCUT2D eigenvalue weighted by atomic mass is 10.1. The molecule has 0 saturated heterocycles. The van der Waals surface area contributed by atoms with Crippen LogP contribution < -0.4 is 10.0 Å². The molecule has 3 rings (SSSR count). The Kier molecular flexibility index (Phi) is 3.60. The molecule has 0 fully saturated rings. The smallest absolute Gasteiger partial charge is 0.261 e. The molecule has 1 aliphatic heterocycles. The van der Waals surface area contributed by atoms with Crippen molar-refractivity contribution in [2.75, 3.05) is 10.0 Å². The number of aryl methyl sites for hydroxylation is 1. The van der Waals surface area contributed by atoms with Gasteiger partial charge >= 0.3 is 0 Å². The van der Waals surface area contributed by atoms with Crippen LogP contribution in [-0.4, -0.2) is 14.5 Å². The Balaban J connectivity index is 1.94. The highest BCUT2D eigenvalue weighted by Gasteiger charge is 2.21. The van der Waals surface area contributed by atoms with Crippen LogP contribution in [0.3, 0.4) is 0 Å². The van der Waals surface area contributed by atoms with E-state index >= 15 is 0 Å². The minimum atomic E-state index is -3.57. The van der Waals surface area contributed by atoms with E-state index in [2.05, 4.69) is 17.0 Å². The lowest BCUT2D eigenvalue weighted by Crippen LogP contribution is -2.14. The van der Waals surface area contributed by atoms with Crippen LogP contribution in [0.25, 0.3) is 0 Å². The second-order valence-corrected chi connectivity index (χ2v) is 7.60. The average molecular weight is 316 g/mol. The van der Waals surface area contributed by atoms with Gasteiger partial charge in [0.15, 0.2) is 0 Å². The molecule has 0 radical (unpaired) electrons. The number of fused-ring (bicyclic) bond motifs is 1. The van der Waals surface area contributed by atoms with Crippen molar-refractivity contribution in [1.29, 1.82) is 0 Å². The Bertz CT molecular complexity index is 829. The van der Waals surface area contributed by atoms with Crippen LogP contribution in [0.5, 0.6) is 0 Å². The van der Waals surface area contributed by atoms with E-state index in [-0.39, 0.29) is 0 Å². The van der Waals surface area contributed by atoms with Gasteiger partial charge in [-0.3, -0.25) is 4.72 Å². The maximum atomic E-state index is 12.6. The molecule has 0 spiro atoms. The van der Waals surface area contributed by atoms with Crippen molar-refractivity contribution in [3.8, 4) is 0 Å². The third kappa shape index (κ3) is 2.68. The Labute approximate surface area is 131 Å². The number of anilines is 2. The van der Waals surface area contributed by atoms with Gasteiger partial charge in [-0.15, -0.1) is 0 Å². The predicted octanol–water partition coefficient (Wildman–Crippen LogP) is 3.46. The molecular weight excluding hydrogens is 296 g/mol. The standard InChI is InChI=1S/C17H20N2O2S/c1-11-5-4-6-16(13(11)3)19-22(20,21)15-7-8-17-14(10-15)9-12(2)18-17/h4-8,10,12,18-19H,9H2,1-3H3. The van der Waals surface area contributed by atoms with Gasteiger partial charge in [0.1, 0.15) is 0 Å². The monoisotopic (exact) mass is 316 g/mol. The second-order valence-electron chi connectivity index (χ2n) is 5.92.